The molecule has 0 aromatic heterocycles. The lowest BCUT2D eigenvalue weighted by Crippen LogP contribution is -2.20. The van der Waals surface area contributed by atoms with Gasteiger partial charge in [-0.3, -0.25) is 9.59 Å². The van der Waals surface area contributed by atoms with Crippen LogP contribution in [0.15, 0.2) is 84.9 Å². The van der Waals surface area contributed by atoms with Gasteiger partial charge in [-0.15, -0.1) is 0 Å². The minimum absolute atomic E-state index is 0.0831. The minimum Gasteiger partial charge on any atom is -0.289 e. The molecule has 1 aliphatic rings. The van der Waals surface area contributed by atoms with Crippen LogP contribution in [0.25, 0.3) is 21.9 Å². The van der Waals surface area contributed by atoms with Crippen molar-refractivity contribution in [2.45, 2.75) is 0 Å². The highest BCUT2D eigenvalue weighted by Gasteiger charge is 2.29. The van der Waals surface area contributed by atoms with Crippen LogP contribution >= 0.6 is 0 Å². The van der Waals surface area contributed by atoms with Crippen molar-refractivity contribution in [1.29, 1.82) is 0 Å². The Labute approximate surface area is 150 Å². The predicted octanol–water partition coefficient (Wildman–Crippen LogP) is 5.28. The molecule has 0 unspecified atom stereocenters. The topological polar surface area (TPSA) is 34.1 Å². The second kappa shape index (κ2) is 5.50. The molecule has 2 heteroatoms. The average molecular weight is 334 g/mol. The highest BCUT2D eigenvalue weighted by Crippen LogP contribution is 2.31. The highest BCUT2D eigenvalue weighted by atomic mass is 16.1. The molecule has 0 fully saturated rings. The molecule has 0 saturated carbocycles. The standard InChI is InChI=1S/C24H14O2/c25-23-19-7-3-4-8-20(19)24(26)22-14-18(11-12-21(22)23)17-10-9-15-5-1-2-6-16(15)13-17/h1-14H. The first kappa shape index (κ1) is 14.8. The molecule has 5 rings (SSSR count). The summed E-state index contributed by atoms with van der Waals surface area (Å²) >= 11 is 0. The SMILES string of the molecule is O=C1c2ccccc2C(=O)c2cc(-c3ccc4ccccc4c3)ccc21. The molecule has 1 aliphatic carbocycles. The van der Waals surface area contributed by atoms with Gasteiger partial charge < -0.3 is 0 Å². The van der Waals surface area contributed by atoms with E-state index in [0.717, 1.165) is 16.5 Å². The number of hydrogen-bond acceptors (Lipinski definition) is 2. The summed E-state index contributed by atoms with van der Waals surface area (Å²) in [5.74, 6) is -0.168. The number of fused-ring (bicyclic) bond motifs is 3. The van der Waals surface area contributed by atoms with Crippen LogP contribution in [-0.2, 0) is 0 Å². The van der Waals surface area contributed by atoms with Crippen LogP contribution in [-0.4, -0.2) is 11.6 Å². The van der Waals surface area contributed by atoms with Gasteiger partial charge in [0.1, 0.15) is 0 Å². The van der Waals surface area contributed by atoms with Gasteiger partial charge in [-0.05, 0) is 40.1 Å². The van der Waals surface area contributed by atoms with Gasteiger partial charge in [-0.2, -0.15) is 0 Å². The van der Waals surface area contributed by atoms with Gasteiger partial charge in [0.15, 0.2) is 11.6 Å². The zero-order chi connectivity index (χ0) is 17.7. The van der Waals surface area contributed by atoms with E-state index in [2.05, 4.69) is 24.3 Å². The molecule has 0 amide bonds. The van der Waals surface area contributed by atoms with E-state index >= 15 is 0 Å². The Morgan fingerprint density at radius 2 is 0.962 bits per heavy atom. The average Bonchev–Trinajstić information content (AvgIpc) is 2.71. The number of ketones is 2. The van der Waals surface area contributed by atoms with Crippen LogP contribution < -0.4 is 0 Å². The Bertz CT molecular complexity index is 1220. The Morgan fingerprint density at radius 3 is 1.73 bits per heavy atom. The zero-order valence-electron chi connectivity index (χ0n) is 13.9. The van der Waals surface area contributed by atoms with E-state index in [1.54, 1.807) is 30.3 Å². The summed E-state index contributed by atoms with van der Waals surface area (Å²) in [6.07, 6.45) is 0. The van der Waals surface area contributed by atoms with E-state index in [1.165, 1.54) is 5.39 Å². The summed E-state index contributed by atoms with van der Waals surface area (Å²) in [6, 6.07) is 27.0. The normalized spacial score (nSPS) is 12.8. The van der Waals surface area contributed by atoms with Crippen LogP contribution in [0.1, 0.15) is 31.8 Å². The molecule has 0 saturated heterocycles. The quantitative estimate of drug-likeness (QED) is 0.418. The number of rotatable bonds is 1. The Kier molecular flexibility index (Phi) is 3.13. The van der Waals surface area contributed by atoms with E-state index in [1.807, 2.05) is 30.3 Å². The maximum absolute atomic E-state index is 12.9. The van der Waals surface area contributed by atoms with Crippen molar-refractivity contribution in [2.24, 2.45) is 0 Å². The molecule has 26 heavy (non-hydrogen) atoms. The number of benzene rings is 4. The monoisotopic (exact) mass is 334 g/mol. The number of hydrogen-bond donors (Lipinski definition) is 0. The second-order valence-electron chi connectivity index (χ2n) is 6.53. The van der Waals surface area contributed by atoms with Gasteiger partial charge in [-0.1, -0.05) is 66.7 Å². The summed E-state index contributed by atoms with van der Waals surface area (Å²) in [6.45, 7) is 0. The van der Waals surface area contributed by atoms with Crippen molar-refractivity contribution in [3.05, 3.63) is 107 Å². The largest absolute Gasteiger partial charge is 0.289 e. The smallest absolute Gasteiger partial charge is 0.194 e. The Morgan fingerprint density at radius 1 is 0.423 bits per heavy atom. The summed E-state index contributed by atoms with van der Waals surface area (Å²) in [5, 5.41) is 2.32. The predicted molar refractivity (Wildman–Crippen MR) is 103 cm³/mol. The van der Waals surface area contributed by atoms with Crippen LogP contribution in [0.2, 0.25) is 0 Å². The third kappa shape index (κ3) is 2.12. The first-order valence-electron chi connectivity index (χ1n) is 8.54. The molecule has 4 aromatic carbocycles. The number of carbonyl (C=O) groups excluding carboxylic acids is 2. The van der Waals surface area contributed by atoms with Crippen LogP contribution in [0.3, 0.4) is 0 Å². The molecule has 2 nitrogen and oxygen atoms in total. The summed E-state index contributed by atoms with van der Waals surface area (Å²) in [4.78, 5) is 25.6. The lowest BCUT2D eigenvalue weighted by Gasteiger charge is -2.18. The van der Waals surface area contributed by atoms with E-state index < -0.39 is 0 Å². The van der Waals surface area contributed by atoms with Crippen molar-refractivity contribution in [1.82, 2.24) is 0 Å². The van der Waals surface area contributed by atoms with Crippen molar-refractivity contribution >= 4 is 22.3 Å². The molecule has 0 aliphatic heterocycles. The summed E-state index contributed by atoms with van der Waals surface area (Å²) < 4.78 is 0. The lowest BCUT2D eigenvalue weighted by atomic mass is 9.83. The Hall–Kier alpha value is -3.52. The fourth-order valence-corrected chi connectivity index (χ4v) is 3.65. The van der Waals surface area contributed by atoms with Gasteiger partial charge in [0.2, 0.25) is 0 Å². The first-order valence-corrected chi connectivity index (χ1v) is 8.54. The number of carbonyl (C=O) groups is 2. The van der Waals surface area contributed by atoms with Crippen molar-refractivity contribution in [2.75, 3.05) is 0 Å². The molecule has 0 radical (unpaired) electrons. The van der Waals surface area contributed by atoms with Gasteiger partial charge >= 0.3 is 0 Å². The molecular formula is C24H14O2. The molecule has 0 atom stereocenters. The summed E-state index contributed by atoms with van der Waals surface area (Å²) in [5.41, 5.74) is 3.92. The van der Waals surface area contributed by atoms with Crippen molar-refractivity contribution < 1.29 is 9.59 Å². The molecule has 122 valence electrons. The fourth-order valence-electron chi connectivity index (χ4n) is 3.65. The zero-order valence-corrected chi connectivity index (χ0v) is 13.9. The molecule has 0 spiro atoms. The van der Waals surface area contributed by atoms with E-state index in [4.69, 9.17) is 0 Å². The van der Waals surface area contributed by atoms with E-state index in [-0.39, 0.29) is 11.6 Å². The minimum atomic E-state index is -0.0853. The molecule has 0 bridgehead atoms. The molecule has 0 heterocycles. The van der Waals surface area contributed by atoms with Gasteiger partial charge in [0, 0.05) is 22.3 Å². The second-order valence-corrected chi connectivity index (χ2v) is 6.53. The van der Waals surface area contributed by atoms with Crippen LogP contribution in [0, 0.1) is 0 Å². The fraction of sp³-hybridized carbons (Fsp3) is 0. The van der Waals surface area contributed by atoms with Crippen molar-refractivity contribution in [3.8, 4) is 11.1 Å². The lowest BCUT2D eigenvalue weighted by molar-refractivity contribution is 0.0979. The highest BCUT2D eigenvalue weighted by molar-refractivity contribution is 6.28. The van der Waals surface area contributed by atoms with Crippen LogP contribution in [0.5, 0.6) is 0 Å². The molecular weight excluding hydrogens is 320 g/mol. The van der Waals surface area contributed by atoms with Gasteiger partial charge in [0.25, 0.3) is 0 Å². The maximum Gasteiger partial charge on any atom is 0.194 e. The van der Waals surface area contributed by atoms with Gasteiger partial charge in [-0.25, -0.2) is 0 Å². The third-order valence-corrected chi connectivity index (χ3v) is 5.01. The molecule has 0 N–H and O–H groups in total. The first-order chi connectivity index (χ1) is 12.7. The van der Waals surface area contributed by atoms with Gasteiger partial charge in [0.05, 0.1) is 0 Å². The molecule has 4 aromatic rings. The van der Waals surface area contributed by atoms with E-state index in [0.29, 0.717) is 22.3 Å². The summed E-state index contributed by atoms with van der Waals surface area (Å²) in [7, 11) is 0. The Balaban J connectivity index is 1.67. The van der Waals surface area contributed by atoms with Crippen LogP contribution in [0.4, 0.5) is 0 Å². The third-order valence-electron chi connectivity index (χ3n) is 5.01. The maximum atomic E-state index is 12.9. The van der Waals surface area contributed by atoms with E-state index in [9.17, 15) is 9.59 Å². The van der Waals surface area contributed by atoms with Crippen molar-refractivity contribution in [3.63, 3.8) is 0 Å².